The lowest BCUT2D eigenvalue weighted by atomic mass is 10.1. The summed E-state index contributed by atoms with van der Waals surface area (Å²) in [6.45, 7) is 0. The fourth-order valence-corrected chi connectivity index (χ4v) is 10.0. The summed E-state index contributed by atoms with van der Waals surface area (Å²) in [4.78, 5) is 0. The summed E-state index contributed by atoms with van der Waals surface area (Å²) in [6, 6.07) is 67.3. The van der Waals surface area contributed by atoms with E-state index in [1.807, 2.05) is 23.5 Å². The first-order valence-corrected chi connectivity index (χ1v) is 19.7. The number of benzene rings is 8. The second-order valence-electron chi connectivity index (χ2n) is 14.2. The van der Waals surface area contributed by atoms with E-state index in [0.717, 1.165) is 50.9 Å². The van der Waals surface area contributed by atoms with E-state index in [1.54, 1.807) is 0 Å². The molecule has 12 rings (SSSR count). The van der Waals surface area contributed by atoms with Crippen LogP contribution in [0, 0.1) is 0 Å². The minimum Gasteiger partial charge on any atom is -0.307 e. The lowest BCUT2D eigenvalue weighted by Crippen LogP contribution is -2.04. The molecular weight excluding hydrogens is 703 g/mol. The normalized spacial score (nSPS) is 11.9. The topological polar surface area (TPSA) is 40.6 Å². The van der Waals surface area contributed by atoms with E-state index in [-0.39, 0.29) is 0 Å². The lowest BCUT2D eigenvalue weighted by molar-refractivity contribution is 1.07. The lowest BCUT2D eigenvalue weighted by Gasteiger charge is -2.17. The number of thiophene rings is 1. The first-order valence-electron chi connectivity index (χ1n) is 18.8. The van der Waals surface area contributed by atoms with E-state index in [9.17, 15) is 0 Å². The zero-order valence-electron chi connectivity index (χ0n) is 30.0. The van der Waals surface area contributed by atoms with E-state index in [0.29, 0.717) is 0 Å². The predicted octanol–water partition coefficient (Wildman–Crippen LogP) is 13.2. The average molecular weight is 734 g/mol. The van der Waals surface area contributed by atoms with Crippen LogP contribution in [0.15, 0.2) is 188 Å². The summed E-state index contributed by atoms with van der Waals surface area (Å²) in [6.07, 6.45) is 0. The Morgan fingerprint density at radius 2 is 0.875 bits per heavy atom. The number of aromatic nitrogens is 5. The Kier molecular flexibility index (Phi) is 6.73. The van der Waals surface area contributed by atoms with Crippen molar-refractivity contribution in [2.45, 2.75) is 0 Å². The summed E-state index contributed by atoms with van der Waals surface area (Å²) < 4.78 is 9.75. The van der Waals surface area contributed by atoms with Crippen molar-refractivity contribution in [3.63, 3.8) is 0 Å². The van der Waals surface area contributed by atoms with Crippen molar-refractivity contribution < 1.29 is 0 Å². The molecule has 8 aromatic carbocycles. The highest BCUT2D eigenvalue weighted by molar-refractivity contribution is 7.26. The fourth-order valence-electron chi connectivity index (χ4n) is 8.77. The van der Waals surface area contributed by atoms with Gasteiger partial charge in [-0.3, -0.25) is 4.57 Å². The van der Waals surface area contributed by atoms with Gasteiger partial charge < -0.3 is 9.13 Å². The van der Waals surface area contributed by atoms with Gasteiger partial charge in [0.1, 0.15) is 0 Å². The standard InChI is InChI=1S/C50H31N5S/c1-3-15-32(16-4-1)49-51-52-50(33-17-5-2-6-18-33)53(49)34-27-28-36-35-19-7-10-22-40(35)55(45(36)31-34)43-25-13-12-24-42(43)54-41-23-11-8-21-39(41)47-44(54)30-29-38-37-20-9-14-26-46(37)56-48(38)47/h1-31H. The summed E-state index contributed by atoms with van der Waals surface area (Å²) in [5, 5.41) is 17.1. The molecule has 0 N–H and O–H groups in total. The van der Waals surface area contributed by atoms with E-state index >= 15 is 0 Å². The molecule has 0 bridgehead atoms. The summed E-state index contributed by atoms with van der Waals surface area (Å²) in [5.74, 6) is 1.59. The van der Waals surface area contributed by atoms with Crippen LogP contribution in [0.4, 0.5) is 0 Å². The van der Waals surface area contributed by atoms with Crippen LogP contribution in [0.3, 0.4) is 0 Å². The highest BCUT2D eigenvalue weighted by Gasteiger charge is 2.23. The molecule has 4 heterocycles. The van der Waals surface area contributed by atoms with E-state index < -0.39 is 0 Å². The number of hydrogen-bond acceptors (Lipinski definition) is 3. The molecule has 0 amide bonds. The van der Waals surface area contributed by atoms with Crippen LogP contribution in [0.1, 0.15) is 0 Å². The zero-order valence-corrected chi connectivity index (χ0v) is 30.9. The first-order chi connectivity index (χ1) is 27.8. The number of para-hydroxylation sites is 4. The van der Waals surface area contributed by atoms with Crippen molar-refractivity contribution in [2.75, 3.05) is 0 Å². The van der Waals surface area contributed by atoms with Gasteiger partial charge in [-0.2, -0.15) is 0 Å². The molecule has 0 radical (unpaired) electrons. The monoisotopic (exact) mass is 733 g/mol. The largest absolute Gasteiger partial charge is 0.307 e. The second kappa shape index (κ2) is 12.1. The van der Waals surface area contributed by atoms with E-state index in [1.165, 1.54) is 52.8 Å². The highest BCUT2D eigenvalue weighted by Crippen LogP contribution is 2.45. The SMILES string of the molecule is c1ccc(-c2nnc(-c3ccccc3)n2-c2ccc3c4ccccc4n(-c4ccccc4-n4c5ccccc5c5c6sc7ccccc7c6ccc54)c3c2)cc1. The van der Waals surface area contributed by atoms with Crippen molar-refractivity contribution in [3.8, 4) is 39.8 Å². The highest BCUT2D eigenvalue weighted by atomic mass is 32.1. The Balaban J connectivity index is 1.15. The molecule has 0 aliphatic heterocycles. The number of nitrogens with zero attached hydrogens (tertiary/aromatic N) is 5. The molecule has 0 aliphatic carbocycles. The molecule has 0 saturated carbocycles. The van der Waals surface area contributed by atoms with Crippen molar-refractivity contribution in [3.05, 3.63) is 188 Å². The molecule has 0 unspecified atom stereocenters. The van der Waals surface area contributed by atoms with Crippen molar-refractivity contribution >= 4 is 75.1 Å². The molecule has 6 heteroatoms. The van der Waals surface area contributed by atoms with Crippen LogP contribution in [-0.2, 0) is 0 Å². The quantitative estimate of drug-likeness (QED) is 0.177. The van der Waals surface area contributed by atoms with Gasteiger partial charge >= 0.3 is 0 Å². The number of hydrogen-bond donors (Lipinski definition) is 0. The average Bonchev–Trinajstić information content (AvgIpc) is 4.03. The maximum atomic E-state index is 4.79. The van der Waals surface area contributed by atoms with Gasteiger partial charge in [0.05, 0.1) is 39.1 Å². The third-order valence-corrected chi connectivity index (χ3v) is 12.4. The molecular formula is C50H31N5S. The maximum Gasteiger partial charge on any atom is 0.168 e. The van der Waals surface area contributed by atoms with Gasteiger partial charge in [-0.05, 0) is 48.5 Å². The van der Waals surface area contributed by atoms with Crippen LogP contribution >= 0.6 is 11.3 Å². The van der Waals surface area contributed by atoms with Gasteiger partial charge in [-0.25, -0.2) is 0 Å². The number of fused-ring (bicyclic) bond motifs is 10. The van der Waals surface area contributed by atoms with Crippen molar-refractivity contribution in [2.24, 2.45) is 0 Å². The molecule has 262 valence electrons. The Morgan fingerprint density at radius 3 is 1.57 bits per heavy atom. The maximum absolute atomic E-state index is 4.79. The fraction of sp³-hybridized carbons (Fsp3) is 0. The summed E-state index contributed by atoms with van der Waals surface area (Å²) in [7, 11) is 0. The molecule has 0 spiro atoms. The van der Waals surface area contributed by atoms with E-state index in [2.05, 4.69) is 190 Å². The Hall–Kier alpha value is -7.28. The molecule has 12 aromatic rings. The van der Waals surface area contributed by atoms with Crippen molar-refractivity contribution in [1.82, 2.24) is 23.9 Å². The minimum absolute atomic E-state index is 0.796. The first kappa shape index (κ1) is 31.1. The molecule has 0 fully saturated rings. The number of rotatable bonds is 5. The van der Waals surface area contributed by atoms with Crippen LogP contribution in [0.2, 0.25) is 0 Å². The molecule has 5 nitrogen and oxygen atoms in total. The van der Waals surface area contributed by atoms with E-state index in [4.69, 9.17) is 10.2 Å². The second-order valence-corrected chi connectivity index (χ2v) is 15.3. The van der Waals surface area contributed by atoms with Gasteiger partial charge in [0.15, 0.2) is 11.6 Å². The Morgan fingerprint density at radius 1 is 0.357 bits per heavy atom. The van der Waals surface area contributed by atoms with Crippen LogP contribution in [0.5, 0.6) is 0 Å². The smallest absolute Gasteiger partial charge is 0.168 e. The summed E-state index contributed by atoms with van der Waals surface area (Å²) >= 11 is 1.89. The van der Waals surface area contributed by atoms with Gasteiger partial charge in [0, 0.05) is 52.8 Å². The van der Waals surface area contributed by atoms with Crippen LogP contribution < -0.4 is 0 Å². The predicted molar refractivity (Wildman–Crippen MR) is 234 cm³/mol. The van der Waals surface area contributed by atoms with Crippen LogP contribution in [0.25, 0.3) is 104 Å². The van der Waals surface area contributed by atoms with Gasteiger partial charge in [-0.15, -0.1) is 21.5 Å². The molecule has 4 aromatic heterocycles. The molecule has 56 heavy (non-hydrogen) atoms. The Labute approximate surface area is 325 Å². The van der Waals surface area contributed by atoms with Gasteiger partial charge in [0.25, 0.3) is 0 Å². The minimum atomic E-state index is 0.796. The van der Waals surface area contributed by atoms with Gasteiger partial charge in [-0.1, -0.05) is 140 Å². The third-order valence-electron chi connectivity index (χ3n) is 11.2. The van der Waals surface area contributed by atoms with Crippen LogP contribution in [-0.4, -0.2) is 23.9 Å². The third kappa shape index (κ3) is 4.48. The van der Waals surface area contributed by atoms with Gasteiger partial charge in [0.2, 0.25) is 0 Å². The van der Waals surface area contributed by atoms with Crippen molar-refractivity contribution in [1.29, 1.82) is 0 Å². The summed E-state index contributed by atoms with van der Waals surface area (Å²) in [5.41, 5.74) is 9.86. The Bertz CT molecular complexity index is 3420. The molecule has 0 saturated heterocycles. The molecule has 0 aliphatic rings. The zero-order chi connectivity index (χ0) is 36.7. The molecule has 0 atom stereocenters.